The molecule has 0 aliphatic carbocycles. The van der Waals surface area contributed by atoms with E-state index in [4.69, 9.17) is 4.74 Å². The molecule has 0 amide bonds. The van der Waals surface area contributed by atoms with E-state index < -0.39 is 16.0 Å². The first-order valence-electron chi connectivity index (χ1n) is 5.52. The van der Waals surface area contributed by atoms with Crippen molar-refractivity contribution in [2.24, 2.45) is 4.40 Å². The largest absolute Gasteiger partial charge is 0.508 e. The number of phenols is 1. The highest BCUT2D eigenvalue weighted by Crippen LogP contribution is 2.30. The first kappa shape index (κ1) is 13.3. The van der Waals surface area contributed by atoms with Gasteiger partial charge in [-0.05, 0) is 19.1 Å². The highest BCUT2D eigenvalue weighted by Gasteiger charge is 2.26. The number of hydrogen-bond acceptors (Lipinski definition) is 6. The van der Waals surface area contributed by atoms with Crippen LogP contribution in [-0.4, -0.2) is 31.9 Å². The monoisotopic (exact) mass is 284 g/mol. The van der Waals surface area contributed by atoms with E-state index in [1.54, 1.807) is 6.92 Å². The Kier molecular flexibility index (Phi) is 3.43. The third kappa shape index (κ3) is 2.84. The molecule has 1 aromatic carbocycles. The Morgan fingerprint density at radius 3 is 2.89 bits per heavy atom. The molecular weight excluding hydrogens is 272 g/mol. The number of anilines is 1. The lowest BCUT2D eigenvalue weighted by atomic mass is 10.3. The zero-order valence-electron chi connectivity index (χ0n) is 10.1. The van der Waals surface area contributed by atoms with E-state index in [-0.39, 0.29) is 35.2 Å². The highest BCUT2D eigenvalue weighted by atomic mass is 32.2. The van der Waals surface area contributed by atoms with Gasteiger partial charge in [-0.2, -0.15) is 8.42 Å². The Bertz CT molecular complexity index is 651. The van der Waals surface area contributed by atoms with Gasteiger partial charge in [-0.25, -0.2) is 0 Å². The molecule has 1 heterocycles. The van der Waals surface area contributed by atoms with Crippen LogP contribution in [0.3, 0.4) is 0 Å². The summed E-state index contributed by atoms with van der Waals surface area (Å²) in [5, 5.41) is 12.0. The maximum atomic E-state index is 11.9. The summed E-state index contributed by atoms with van der Waals surface area (Å²) in [6.07, 6.45) is -0.257. The predicted molar refractivity (Wildman–Crippen MR) is 67.6 cm³/mol. The number of ether oxygens (including phenoxy) is 1. The lowest BCUT2D eigenvalue weighted by Gasteiger charge is -2.17. The summed E-state index contributed by atoms with van der Waals surface area (Å²) in [5.74, 6) is -0.740. The number of phenolic OH excluding ortho intramolecular Hbond substituents is 1. The number of carbonyl (C=O) groups is 1. The van der Waals surface area contributed by atoms with Gasteiger partial charge in [-0.1, -0.05) is 0 Å². The molecule has 2 N–H and O–H groups in total. The van der Waals surface area contributed by atoms with Gasteiger partial charge < -0.3 is 15.2 Å². The number of fused-ring (bicyclic) bond motifs is 1. The van der Waals surface area contributed by atoms with Crippen molar-refractivity contribution in [2.45, 2.75) is 18.2 Å². The van der Waals surface area contributed by atoms with E-state index in [0.29, 0.717) is 0 Å². The smallest absolute Gasteiger partial charge is 0.313 e. The number of amidine groups is 1. The standard InChI is InChI=1S/C11H12N2O5S/c1-2-18-11(15)6-10-12-8-4-3-7(14)5-9(8)19(16,17)13-10/h3-5,14H,2,6H2,1H3,(H,12,13). The van der Waals surface area contributed by atoms with Crippen molar-refractivity contribution in [1.82, 2.24) is 0 Å². The SMILES string of the molecule is CCOC(=O)CC1=NS(=O)(=O)c2cc(O)ccc2N1. The van der Waals surface area contributed by atoms with Gasteiger partial charge in [-0.3, -0.25) is 4.79 Å². The van der Waals surface area contributed by atoms with Crippen LogP contribution >= 0.6 is 0 Å². The average molecular weight is 284 g/mol. The third-order valence-corrected chi connectivity index (χ3v) is 3.72. The van der Waals surface area contributed by atoms with Gasteiger partial charge in [0.1, 0.15) is 22.9 Å². The van der Waals surface area contributed by atoms with E-state index in [2.05, 4.69) is 9.71 Å². The molecule has 0 atom stereocenters. The Labute approximate surface area is 110 Å². The number of nitrogens with zero attached hydrogens (tertiary/aromatic N) is 1. The van der Waals surface area contributed by atoms with Crippen molar-refractivity contribution >= 4 is 27.5 Å². The van der Waals surface area contributed by atoms with Crippen LogP contribution in [-0.2, 0) is 19.6 Å². The Morgan fingerprint density at radius 2 is 2.21 bits per heavy atom. The minimum absolute atomic E-state index is 0.00311. The van der Waals surface area contributed by atoms with Crippen LogP contribution in [0.4, 0.5) is 5.69 Å². The third-order valence-electron chi connectivity index (χ3n) is 2.37. The van der Waals surface area contributed by atoms with Crippen LogP contribution in [0.15, 0.2) is 27.5 Å². The number of carbonyl (C=O) groups excluding carboxylic acids is 1. The van der Waals surface area contributed by atoms with E-state index >= 15 is 0 Å². The van der Waals surface area contributed by atoms with E-state index in [9.17, 15) is 18.3 Å². The zero-order valence-corrected chi connectivity index (χ0v) is 10.9. The second kappa shape index (κ2) is 4.88. The first-order valence-corrected chi connectivity index (χ1v) is 6.96. The van der Waals surface area contributed by atoms with Crippen LogP contribution in [0.1, 0.15) is 13.3 Å². The molecule has 0 radical (unpaired) electrons. The number of aromatic hydroxyl groups is 1. The maximum absolute atomic E-state index is 11.9. The van der Waals surface area contributed by atoms with Gasteiger partial charge in [0.05, 0.1) is 12.3 Å². The summed E-state index contributed by atoms with van der Waals surface area (Å²) in [4.78, 5) is 11.2. The maximum Gasteiger partial charge on any atom is 0.313 e. The Balaban J connectivity index is 2.32. The van der Waals surface area contributed by atoms with Gasteiger partial charge in [0, 0.05) is 6.07 Å². The summed E-state index contributed by atoms with van der Waals surface area (Å²) < 4.78 is 32.0. The second-order valence-corrected chi connectivity index (χ2v) is 5.37. The quantitative estimate of drug-likeness (QED) is 0.630. The second-order valence-electron chi connectivity index (χ2n) is 3.80. The van der Waals surface area contributed by atoms with Gasteiger partial charge in [0.2, 0.25) is 0 Å². The van der Waals surface area contributed by atoms with Crippen LogP contribution in [0, 0.1) is 0 Å². The Morgan fingerprint density at radius 1 is 1.47 bits per heavy atom. The zero-order chi connectivity index (χ0) is 14.0. The number of sulfonamides is 1. The number of benzene rings is 1. The van der Waals surface area contributed by atoms with Crippen molar-refractivity contribution in [3.05, 3.63) is 18.2 Å². The summed E-state index contributed by atoms with van der Waals surface area (Å²) in [5.41, 5.74) is 0.270. The lowest BCUT2D eigenvalue weighted by molar-refractivity contribution is -0.141. The minimum atomic E-state index is -3.92. The molecule has 1 aromatic rings. The number of nitrogens with one attached hydrogen (secondary N) is 1. The molecule has 0 saturated carbocycles. The summed E-state index contributed by atoms with van der Waals surface area (Å²) in [7, 11) is -3.92. The Hall–Kier alpha value is -2.09. The number of rotatable bonds is 3. The fourth-order valence-electron chi connectivity index (χ4n) is 1.63. The van der Waals surface area contributed by atoms with Gasteiger partial charge in [0.25, 0.3) is 10.0 Å². The van der Waals surface area contributed by atoms with Crippen molar-refractivity contribution in [2.75, 3.05) is 11.9 Å². The van der Waals surface area contributed by atoms with Crippen LogP contribution in [0.25, 0.3) is 0 Å². The van der Waals surface area contributed by atoms with Crippen molar-refractivity contribution < 1.29 is 23.1 Å². The molecule has 2 rings (SSSR count). The predicted octanol–water partition coefficient (Wildman–Crippen LogP) is 0.858. The molecule has 102 valence electrons. The molecular formula is C11H12N2O5S. The highest BCUT2D eigenvalue weighted by molar-refractivity contribution is 7.90. The number of esters is 1. The minimum Gasteiger partial charge on any atom is -0.508 e. The van der Waals surface area contributed by atoms with Crippen LogP contribution < -0.4 is 5.32 Å². The average Bonchev–Trinajstić information content (AvgIpc) is 2.30. The summed E-state index contributed by atoms with van der Waals surface area (Å²) >= 11 is 0. The van der Waals surface area contributed by atoms with E-state index in [0.717, 1.165) is 6.07 Å². The fourth-order valence-corrected chi connectivity index (χ4v) is 2.79. The van der Waals surface area contributed by atoms with E-state index in [1.807, 2.05) is 0 Å². The summed E-state index contributed by atoms with van der Waals surface area (Å²) in [6.45, 7) is 1.87. The molecule has 1 aliphatic heterocycles. The molecule has 0 bridgehead atoms. The van der Waals surface area contributed by atoms with Crippen LogP contribution in [0.2, 0.25) is 0 Å². The van der Waals surface area contributed by atoms with Crippen molar-refractivity contribution in [1.29, 1.82) is 0 Å². The molecule has 1 aliphatic rings. The van der Waals surface area contributed by atoms with Crippen LogP contribution in [0.5, 0.6) is 5.75 Å². The van der Waals surface area contributed by atoms with Gasteiger partial charge in [0.15, 0.2) is 0 Å². The van der Waals surface area contributed by atoms with Gasteiger partial charge in [-0.15, -0.1) is 4.40 Å². The molecule has 0 aromatic heterocycles. The van der Waals surface area contributed by atoms with Crippen molar-refractivity contribution in [3.63, 3.8) is 0 Å². The van der Waals surface area contributed by atoms with Gasteiger partial charge >= 0.3 is 5.97 Å². The van der Waals surface area contributed by atoms with E-state index in [1.165, 1.54) is 12.1 Å². The summed E-state index contributed by atoms with van der Waals surface area (Å²) in [6, 6.07) is 3.85. The normalized spacial score (nSPS) is 15.9. The first-order chi connectivity index (χ1) is 8.92. The molecule has 19 heavy (non-hydrogen) atoms. The molecule has 7 nitrogen and oxygen atoms in total. The molecule has 8 heteroatoms. The number of hydrogen-bond donors (Lipinski definition) is 2. The topological polar surface area (TPSA) is 105 Å². The van der Waals surface area contributed by atoms with Crippen molar-refractivity contribution in [3.8, 4) is 5.75 Å². The molecule has 0 unspecified atom stereocenters. The lowest BCUT2D eigenvalue weighted by Crippen LogP contribution is -2.24. The molecule has 0 fully saturated rings. The fraction of sp³-hybridized carbons (Fsp3) is 0.273. The molecule has 0 saturated heterocycles. The molecule has 0 spiro atoms.